The van der Waals surface area contributed by atoms with Gasteiger partial charge in [-0.25, -0.2) is 0 Å². The first-order chi connectivity index (χ1) is 8.93. The van der Waals surface area contributed by atoms with Gasteiger partial charge >= 0.3 is 0 Å². The van der Waals surface area contributed by atoms with Crippen LogP contribution in [0.5, 0.6) is 0 Å². The van der Waals surface area contributed by atoms with Gasteiger partial charge in [0.15, 0.2) is 5.43 Å². The van der Waals surface area contributed by atoms with Crippen molar-refractivity contribution in [2.75, 3.05) is 19.0 Å². The molecule has 0 saturated carbocycles. The van der Waals surface area contributed by atoms with Gasteiger partial charge in [0.1, 0.15) is 5.56 Å². The highest BCUT2D eigenvalue weighted by atomic mass is 35.5. The molecular weight excluding hydrogens is 268 g/mol. The summed E-state index contributed by atoms with van der Waals surface area (Å²) in [4.78, 5) is 28.5. The number of carbonyl (C=O) groups excluding carboxylic acids is 1. The monoisotopic (exact) mass is 284 g/mol. The van der Waals surface area contributed by atoms with E-state index in [1.807, 2.05) is 13.8 Å². The SMILES string of the molecule is CC1(C)CN(C(=O)c2c[nH]ccc2=O)CC(CCl)O1. The average Bonchev–Trinajstić information content (AvgIpc) is 2.36. The van der Waals surface area contributed by atoms with Crippen LogP contribution in [0.1, 0.15) is 24.2 Å². The van der Waals surface area contributed by atoms with Crippen molar-refractivity contribution in [3.05, 3.63) is 34.2 Å². The minimum absolute atomic E-state index is 0.147. The lowest BCUT2D eigenvalue weighted by atomic mass is 10.0. The Kier molecular flexibility index (Phi) is 3.96. The topological polar surface area (TPSA) is 62.4 Å². The lowest BCUT2D eigenvalue weighted by Gasteiger charge is -2.42. The second-order valence-electron chi connectivity index (χ2n) is 5.26. The van der Waals surface area contributed by atoms with Crippen LogP contribution in [0.3, 0.4) is 0 Å². The van der Waals surface area contributed by atoms with Gasteiger partial charge in [-0.1, -0.05) is 0 Å². The van der Waals surface area contributed by atoms with Crippen molar-refractivity contribution in [1.82, 2.24) is 9.88 Å². The van der Waals surface area contributed by atoms with E-state index in [0.29, 0.717) is 19.0 Å². The number of halogens is 1. The van der Waals surface area contributed by atoms with Gasteiger partial charge in [0.05, 0.1) is 17.6 Å². The molecule has 1 amide bonds. The largest absolute Gasteiger partial charge is 0.367 e. The third-order valence-corrected chi connectivity index (χ3v) is 3.34. The van der Waals surface area contributed by atoms with E-state index in [-0.39, 0.29) is 23.0 Å². The molecule has 1 atom stereocenters. The molecule has 1 aliphatic heterocycles. The summed E-state index contributed by atoms with van der Waals surface area (Å²) in [6.45, 7) is 4.65. The number of alkyl halides is 1. The third kappa shape index (κ3) is 3.16. The summed E-state index contributed by atoms with van der Waals surface area (Å²) >= 11 is 5.82. The number of ether oxygens (including phenoxy) is 1. The fourth-order valence-electron chi connectivity index (χ4n) is 2.28. The van der Waals surface area contributed by atoms with Crippen LogP contribution in [0.2, 0.25) is 0 Å². The first-order valence-corrected chi connectivity index (χ1v) is 6.66. The van der Waals surface area contributed by atoms with Crippen molar-refractivity contribution >= 4 is 17.5 Å². The van der Waals surface area contributed by atoms with E-state index in [0.717, 1.165) is 0 Å². The van der Waals surface area contributed by atoms with E-state index in [1.165, 1.54) is 18.5 Å². The van der Waals surface area contributed by atoms with Crippen molar-refractivity contribution < 1.29 is 9.53 Å². The Labute approximate surface area is 116 Å². The third-order valence-electron chi connectivity index (χ3n) is 3.00. The maximum Gasteiger partial charge on any atom is 0.259 e. The summed E-state index contributed by atoms with van der Waals surface area (Å²) in [6.07, 6.45) is 2.73. The molecule has 2 rings (SSSR count). The number of pyridine rings is 1. The molecule has 1 unspecified atom stereocenters. The van der Waals surface area contributed by atoms with Crippen molar-refractivity contribution in [3.8, 4) is 0 Å². The van der Waals surface area contributed by atoms with E-state index in [1.54, 1.807) is 4.90 Å². The molecule has 1 aliphatic rings. The summed E-state index contributed by atoms with van der Waals surface area (Å²) in [7, 11) is 0. The number of H-pyrrole nitrogens is 1. The van der Waals surface area contributed by atoms with Crippen LogP contribution in [0, 0.1) is 0 Å². The van der Waals surface area contributed by atoms with Gasteiger partial charge in [-0.15, -0.1) is 11.6 Å². The van der Waals surface area contributed by atoms with E-state index in [2.05, 4.69) is 4.98 Å². The predicted octanol–water partition coefficient (Wildman–Crippen LogP) is 1.23. The molecule has 0 spiro atoms. The Morgan fingerprint density at radius 1 is 1.63 bits per heavy atom. The zero-order chi connectivity index (χ0) is 14.0. The summed E-state index contributed by atoms with van der Waals surface area (Å²) in [5.41, 5.74) is -0.598. The standard InChI is InChI=1S/C13H17ClN2O3/c1-13(2)8-16(7-9(5-14)19-13)12(18)10-6-15-4-3-11(10)17/h3-4,6,9H,5,7-8H2,1-2H3,(H,15,17). The number of carbonyl (C=O) groups is 1. The van der Waals surface area contributed by atoms with Crippen LogP contribution in [-0.4, -0.2) is 46.5 Å². The van der Waals surface area contributed by atoms with Gasteiger partial charge in [0.25, 0.3) is 5.91 Å². The highest BCUT2D eigenvalue weighted by molar-refractivity contribution is 6.18. The summed E-state index contributed by atoms with van der Waals surface area (Å²) in [5.74, 6) is 0.0339. The zero-order valence-electron chi connectivity index (χ0n) is 11.0. The van der Waals surface area contributed by atoms with Crippen LogP contribution in [0.4, 0.5) is 0 Å². The molecule has 0 aliphatic carbocycles. The lowest BCUT2D eigenvalue weighted by molar-refractivity contribution is -0.117. The zero-order valence-corrected chi connectivity index (χ0v) is 11.7. The van der Waals surface area contributed by atoms with Crippen LogP contribution in [-0.2, 0) is 4.74 Å². The smallest absolute Gasteiger partial charge is 0.259 e. The lowest BCUT2D eigenvalue weighted by Crippen LogP contribution is -2.55. The maximum atomic E-state index is 12.4. The molecular formula is C13H17ClN2O3. The van der Waals surface area contributed by atoms with Crippen molar-refractivity contribution in [2.45, 2.75) is 25.6 Å². The average molecular weight is 285 g/mol. The van der Waals surface area contributed by atoms with Gasteiger partial charge in [0, 0.05) is 31.5 Å². The number of nitrogens with one attached hydrogen (secondary N) is 1. The van der Waals surface area contributed by atoms with Gasteiger partial charge in [0.2, 0.25) is 0 Å². The van der Waals surface area contributed by atoms with E-state index in [4.69, 9.17) is 16.3 Å². The van der Waals surface area contributed by atoms with Crippen molar-refractivity contribution in [3.63, 3.8) is 0 Å². The number of amides is 1. The molecule has 104 valence electrons. The van der Waals surface area contributed by atoms with Crippen LogP contribution < -0.4 is 5.43 Å². The van der Waals surface area contributed by atoms with Crippen LogP contribution in [0.15, 0.2) is 23.3 Å². The molecule has 19 heavy (non-hydrogen) atoms. The Morgan fingerprint density at radius 3 is 3.00 bits per heavy atom. The first-order valence-electron chi connectivity index (χ1n) is 6.13. The summed E-state index contributed by atoms with van der Waals surface area (Å²) < 4.78 is 5.76. The van der Waals surface area contributed by atoms with Gasteiger partial charge in [-0.05, 0) is 13.8 Å². The second-order valence-corrected chi connectivity index (χ2v) is 5.57. The molecule has 0 radical (unpaired) electrons. The number of hydrogen-bond donors (Lipinski definition) is 1. The van der Waals surface area contributed by atoms with E-state index < -0.39 is 5.60 Å². The van der Waals surface area contributed by atoms with Crippen LogP contribution in [0.25, 0.3) is 0 Å². The second kappa shape index (κ2) is 5.35. The quantitative estimate of drug-likeness (QED) is 0.831. The number of nitrogens with zero attached hydrogens (tertiary/aromatic N) is 1. The molecule has 1 aromatic heterocycles. The minimum atomic E-state index is -0.463. The predicted molar refractivity (Wildman–Crippen MR) is 72.6 cm³/mol. The highest BCUT2D eigenvalue weighted by Crippen LogP contribution is 2.22. The molecule has 2 heterocycles. The van der Waals surface area contributed by atoms with Crippen molar-refractivity contribution in [1.29, 1.82) is 0 Å². The Balaban J connectivity index is 2.24. The minimum Gasteiger partial charge on any atom is -0.367 e. The number of aromatic amines is 1. The summed E-state index contributed by atoms with van der Waals surface area (Å²) in [6, 6.07) is 1.35. The van der Waals surface area contributed by atoms with E-state index in [9.17, 15) is 9.59 Å². The molecule has 0 bridgehead atoms. The fourth-order valence-corrected chi connectivity index (χ4v) is 2.44. The number of hydrogen-bond acceptors (Lipinski definition) is 3. The number of rotatable bonds is 2. The molecule has 6 heteroatoms. The molecule has 1 saturated heterocycles. The summed E-state index contributed by atoms with van der Waals surface area (Å²) in [5, 5.41) is 0. The van der Waals surface area contributed by atoms with Crippen LogP contribution >= 0.6 is 11.6 Å². The van der Waals surface area contributed by atoms with Gasteiger partial charge in [-0.3, -0.25) is 9.59 Å². The van der Waals surface area contributed by atoms with Crippen molar-refractivity contribution in [2.24, 2.45) is 0 Å². The van der Waals surface area contributed by atoms with E-state index >= 15 is 0 Å². The first kappa shape index (κ1) is 14.1. The Hall–Kier alpha value is -1.33. The highest BCUT2D eigenvalue weighted by Gasteiger charge is 2.35. The fraction of sp³-hybridized carbons (Fsp3) is 0.538. The Morgan fingerprint density at radius 2 is 2.37 bits per heavy atom. The molecule has 1 aromatic rings. The number of aromatic nitrogens is 1. The molecule has 1 N–H and O–H groups in total. The van der Waals surface area contributed by atoms with Gasteiger partial charge < -0.3 is 14.6 Å². The molecule has 0 aromatic carbocycles. The molecule has 1 fully saturated rings. The molecule has 5 nitrogen and oxygen atoms in total. The maximum absolute atomic E-state index is 12.4. The van der Waals surface area contributed by atoms with Gasteiger partial charge in [-0.2, -0.15) is 0 Å². The Bertz CT molecular complexity index is 527. The number of morpholine rings is 1. The normalized spacial score (nSPS) is 22.3.